The molecule has 1 aromatic rings. The Morgan fingerprint density at radius 3 is 2.76 bits per heavy atom. The minimum Gasteiger partial charge on any atom is -0.494 e. The molecule has 1 fully saturated rings. The fourth-order valence-corrected chi connectivity index (χ4v) is 2.62. The van der Waals surface area contributed by atoms with Crippen molar-refractivity contribution in [1.29, 1.82) is 0 Å². The zero-order valence-electron chi connectivity index (χ0n) is 11.8. The van der Waals surface area contributed by atoms with Gasteiger partial charge in [0, 0.05) is 18.7 Å². The number of thiocarbonyl (C=S) groups is 1. The van der Waals surface area contributed by atoms with E-state index in [0.717, 1.165) is 11.4 Å². The number of primary amides is 1. The SMILES string of the molecule is CCOc1ccc(NC(=S)N2CC(O)CC2C(N)=O)cc1. The zero-order valence-corrected chi connectivity index (χ0v) is 12.6. The standard InChI is InChI=1S/C14H19N3O3S/c1-2-20-11-5-3-9(4-6-11)16-14(21)17-8-10(18)7-12(17)13(15)19/h3-6,10,12,18H,2,7-8H2,1H3,(H2,15,19)(H,16,21). The van der Waals surface area contributed by atoms with E-state index in [-0.39, 0.29) is 0 Å². The lowest BCUT2D eigenvalue weighted by Gasteiger charge is -2.25. The zero-order chi connectivity index (χ0) is 15.4. The fourth-order valence-electron chi connectivity index (χ4n) is 2.30. The van der Waals surface area contributed by atoms with Gasteiger partial charge in [-0.2, -0.15) is 0 Å². The van der Waals surface area contributed by atoms with Gasteiger partial charge < -0.3 is 25.8 Å². The van der Waals surface area contributed by atoms with Crippen LogP contribution in [-0.2, 0) is 4.79 Å². The summed E-state index contributed by atoms with van der Waals surface area (Å²) >= 11 is 5.29. The first-order chi connectivity index (χ1) is 10.0. The second kappa shape index (κ2) is 6.73. The highest BCUT2D eigenvalue weighted by molar-refractivity contribution is 7.80. The third kappa shape index (κ3) is 3.83. The van der Waals surface area contributed by atoms with Crippen LogP contribution in [0.5, 0.6) is 5.75 Å². The first-order valence-corrected chi connectivity index (χ1v) is 7.20. The quantitative estimate of drug-likeness (QED) is 0.710. The Kier molecular flexibility index (Phi) is 4.98. The lowest BCUT2D eigenvalue weighted by atomic mass is 10.2. The van der Waals surface area contributed by atoms with Crippen LogP contribution in [0.4, 0.5) is 5.69 Å². The second-order valence-electron chi connectivity index (χ2n) is 4.85. The normalized spacial score (nSPS) is 21.1. The van der Waals surface area contributed by atoms with Gasteiger partial charge in [-0.15, -0.1) is 0 Å². The van der Waals surface area contributed by atoms with Gasteiger partial charge in [0.05, 0.1) is 12.7 Å². The van der Waals surface area contributed by atoms with Gasteiger partial charge in [-0.3, -0.25) is 4.79 Å². The topological polar surface area (TPSA) is 87.8 Å². The van der Waals surface area contributed by atoms with Crippen LogP contribution in [0.1, 0.15) is 13.3 Å². The number of hydrogen-bond donors (Lipinski definition) is 3. The number of aliphatic hydroxyl groups excluding tert-OH is 1. The van der Waals surface area contributed by atoms with E-state index in [0.29, 0.717) is 24.7 Å². The number of anilines is 1. The van der Waals surface area contributed by atoms with Crippen molar-refractivity contribution in [3.05, 3.63) is 24.3 Å². The molecule has 1 aromatic carbocycles. The molecule has 2 rings (SSSR count). The molecule has 2 unspecified atom stereocenters. The van der Waals surface area contributed by atoms with Crippen molar-refractivity contribution in [2.45, 2.75) is 25.5 Å². The van der Waals surface area contributed by atoms with E-state index in [4.69, 9.17) is 22.7 Å². The molecule has 6 nitrogen and oxygen atoms in total. The highest BCUT2D eigenvalue weighted by Crippen LogP contribution is 2.21. The summed E-state index contributed by atoms with van der Waals surface area (Å²) in [7, 11) is 0. The number of rotatable bonds is 4. The smallest absolute Gasteiger partial charge is 0.240 e. The summed E-state index contributed by atoms with van der Waals surface area (Å²) in [5, 5.41) is 13.1. The summed E-state index contributed by atoms with van der Waals surface area (Å²) < 4.78 is 5.36. The Hall–Kier alpha value is -1.86. The number of carbonyl (C=O) groups is 1. The number of nitrogens with one attached hydrogen (secondary N) is 1. The molecule has 0 saturated carbocycles. The van der Waals surface area contributed by atoms with Gasteiger partial charge in [0.2, 0.25) is 5.91 Å². The van der Waals surface area contributed by atoms with E-state index in [2.05, 4.69) is 5.32 Å². The average Bonchev–Trinajstić information content (AvgIpc) is 2.84. The highest BCUT2D eigenvalue weighted by atomic mass is 32.1. The molecule has 1 amide bonds. The van der Waals surface area contributed by atoms with E-state index >= 15 is 0 Å². The van der Waals surface area contributed by atoms with Crippen LogP contribution in [0, 0.1) is 0 Å². The Morgan fingerprint density at radius 2 is 2.19 bits per heavy atom. The van der Waals surface area contributed by atoms with Gasteiger partial charge in [-0.05, 0) is 43.4 Å². The van der Waals surface area contributed by atoms with E-state index in [1.807, 2.05) is 31.2 Å². The molecule has 1 heterocycles. The van der Waals surface area contributed by atoms with E-state index in [9.17, 15) is 9.90 Å². The van der Waals surface area contributed by atoms with Crippen LogP contribution in [-0.4, -0.2) is 46.3 Å². The van der Waals surface area contributed by atoms with Crippen molar-refractivity contribution in [2.24, 2.45) is 5.73 Å². The van der Waals surface area contributed by atoms with Crippen molar-refractivity contribution >= 4 is 28.9 Å². The summed E-state index contributed by atoms with van der Waals surface area (Å²) in [4.78, 5) is 13.0. The monoisotopic (exact) mass is 309 g/mol. The number of nitrogens with two attached hydrogens (primary N) is 1. The molecule has 4 N–H and O–H groups in total. The number of amides is 1. The number of carbonyl (C=O) groups excluding carboxylic acids is 1. The van der Waals surface area contributed by atoms with Gasteiger partial charge in [-0.1, -0.05) is 0 Å². The predicted molar refractivity (Wildman–Crippen MR) is 84.1 cm³/mol. The van der Waals surface area contributed by atoms with Gasteiger partial charge in [0.25, 0.3) is 0 Å². The van der Waals surface area contributed by atoms with E-state index < -0.39 is 18.1 Å². The number of benzene rings is 1. The molecule has 0 radical (unpaired) electrons. The average molecular weight is 309 g/mol. The lowest BCUT2D eigenvalue weighted by Crippen LogP contribution is -2.45. The fraction of sp³-hybridized carbons (Fsp3) is 0.429. The van der Waals surface area contributed by atoms with Crippen molar-refractivity contribution in [3.8, 4) is 5.75 Å². The lowest BCUT2D eigenvalue weighted by molar-refractivity contribution is -0.121. The van der Waals surface area contributed by atoms with Crippen molar-refractivity contribution in [2.75, 3.05) is 18.5 Å². The minimum atomic E-state index is -0.595. The molecule has 114 valence electrons. The third-order valence-electron chi connectivity index (χ3n) is 3.28. The first kappa shape index (κ1) is 15.5. The van der Waals surface area contributed by atoms with Crippen LogP contribution < -0.4 is 15.8 Å². The van der Waals surface area contributed by atoms with Crippen molar-refractivity contribution < 1.29 is 14.6 Å². The number of ether oxygens (including phenoxy) is 1. The van der Waals surface area contributed by atoms with E-state index in [1.165, 1.54) is 0 Å². The molecular weight excluding hydrogens is 290 g/mol. The summed E-state index contributed by atoms with van der Waals surface area (Å²) in [6.45, 7) is 2.83. The molecule has 1 aliphatic rings. The van der Waals surface area contributed by atoms with Crippen LogP contribution >= 0.6 is 12.2 Å². The number of aliphatic hydroxyl groups is 1. The molecule has 21 heavy (non-hydrogen) atoms. The van der Waals surface area contributed by atoms with Crippen LogP contribution in [0.25, 0.3) is 0 Å². The minimum absolute atomic E-state index is 0.302. The molecule has 0 aromatic heterocycles. The molecule has 7 heteroatoms. The maximum atomic E-state index is 11.4. The van der Waals surface area contributed by atoms with Crippen molar-refractivity contribution in [1.82, 2.24) is 4.90 Å². The van der Waals surface area contributed by atoms with Gasteiger partial charge in [-0.25, -0.2) is 0 Å². The van der Waals surface area contributed by atoms with E-state index in [1.54, 1.807) is 4.90 Å². The van der Waals surface area contributed by atoms with Gasteiger partial charge in [0.15, 0.2) is 5.11 Å². The van der Waals surface area contributed by atoms with Gasteiger partial charge in [0.1, 0.15) is 11.8 Å². The van der Waals surface area contributed by atoms with Crippen LogP contribution in [0.2, 0.25) is 0 Å². The Morgan fingerprint density at radius 1 is 1.52 bits per heavy atom. The van der Waals surface area contributed by atoms with Crippen LogP contribution in [0.3, 0.4) is 0 Å². The molecule has 1 aliphatic heterocycles. The first-order valence-electron chi connectivity index (χ1n) is 6.79. The summed E-state index contributed by atoms with van der Waals surface area (Å²) in [6.07, 6.45) is -0.289. The number of likely N-dealkylation sites (tertiary alicyclic amines) is 1. The molecule has 1 saturated heterocycles. The predicted octanol–water partition coefficient (Wildman–Crippen LogP) is 0.703. The Balaban J connectivity index is 2.01. The largest absolute Gasteiger partial charge is 0.494 e. The second-order valence-corrected chi connectivity index (χ2v) is 5.23. The summed E-state index contributed by atoms with van der Waals surface area (Å²) in [6, 6.07) is 6.77. The number of nitrogens with zero attached hydrogens (tertiary/aromatic N) is 1. The maximum absolute atomic E-state index is 11.4. The molecule has 0 spiro atoms. The number of β-amino-alcohol motifs (C(OH)–C–C–N with tert-alkyl or cyclic N) is 1. The van der Waals surface area contributed by atoms with Gasteiger partial charge >= 0.3 is 0 Å². The molecular formula is C14H19N3O3S. The summed E-state index contributed by atoms with van der Waals surface area (Å²) in [5.41, 5.74) is 6.12. The molecule has 0 aliphatic carbocycles. The maximum Gasteiger partial charge on any atom is 0.240 e. The highest BCUT2D eigenvalue weighted by Gasteiger charge is 2.36. The van der Waals surface area contributed by atoms with Crippen LogP contribution in [0.15, 0.2) is 24.3 Å². The molecule has 0 bridgehead atoms. The Labute approximate surface area is 128 Å². The number of hydrogen-bond acceptors (Lipinski definition) is 4. The summed E-state index contributed by atoms with van der Waals surface area (Å²) in [5.74, 6) is 0.294. The molecule has 2 atom stereocenters. The van der Waals surface area contributed by atoms with Crippen molar-refractivity contribution in [3.63, 3.8) is 0 Å². The Bertz CT molecular complexity index is 521. The third-order valence-corrected chi connectivity index (χ3v) is 3.62.